The highest BCUT2D eigenvalue weighted by Gasteiger charge is 2.19. The SMILES string of the molecule is CCCC(c1ccc(F)cc1F)n1cnc2ccccc21.I. The van der Waals surface area contributed by atoms with Gasteiger partial charge in [0.25, 0.3) is 0 Å². The first-order chi connectivity index (χ1) is 10.2. The van der Waals surface area contributed by atoms with Crippen molar-refractivity contribution in [1.29, 1.82) is 0 Å². The predicted octanol–water partition coefficient (Wildman–Crippen LogP) is 5.32. The summed E-state index contributed by atoms with van der Waals surface area (Å²) in [7, 11) is 0. The van der Waals surface area contributed by atoms with Gasteiger partial charge in [-0.2, -0.15) is 0 Å². The van der Waals surface area contributed by atoms with Crippen LogP contribution in [0.5, 0.6) is 0 Å². The minimum absolute atomic E-state index is 0. The maximum Gasteiger partial charge on any atom is 0.131 e. The van der Waals surface area contributed by atoms with E-state index in [9.17, 15) is 8.78 Å². The molecule has 0 fully saturated rings. The van der Waals surface area contributed by atoms with Crippen molar-refractivity contribution in [2.75, 3.05) is 0 Å². The molecule has 0 amide bonds. The lowest BCUT2D eigenvalue weighted by Gasteiger charge is -2.20. The van der Waals surface area contributed by atoms with Crippen LogP contribution in [-0.2, 0) is 0 Å². The third kappa shape index (κ3) is 3.14. The highest BCUT2D eigenvalue weighted by molar-refractivity contribution is 14.0. The zero-order chi connectivity index (χ0) is 14.8. The standard InChI is InChI=1S/C17H16F2N2.HI/c1-2-5-16(13-9-8-12(18)10-14(13)19)21-11-20-15-6-3-4-7-17(15)21;/h3-4,6-11,16H,2,5H2,1H3;1H. The second kappa shape index (κ2) is 7.17. The highest BCUT2D eigenvalue weighted by atomic mass is 127. The van der Waals surface area contributed by atoms with Crippen molar-refractivity contribution in [1.82, 2.24) is 9.55 Å². The Kier molecular flexibility index (Phi) is 5.50. The zero-order valence-corrected chi connectivity index (χ0v) is 14.5. The molecule has 0 spiro atoms. The second-order valence-corrected chi connectivity index (χ2v) is 5.11. The van der Waals surface area contributed by atoms with Gasteiger partial charge < -0.3 is 4.57 Å². The molecule has 3 rings (SSSR count). The smallest absolute Gasteiger partial charge is 0.131 e. The van der Waals surface area contributed by atoms with Gasteiger partial charge in [0.15, 0.2) is 0 Å². The van der Waals surface area contributed by atoms with Crippen molar-refractivity contribution < 1.29 is 8.78 Å². The van der Waals surface area contributed by atoms with Crippen molar-refractivity contribution in [2.24, 2.45) is 0 Å². The molecule has 0 aliphatic heterocycles. The van der Waals surface area contributed by atoms with E-state index in [1.807, 2.05) is 35.8 Å². The number of hydrogen-bond acceptors (Lipinski definition) is 1. The van der Waals surface area contributed by atoms with Gasteiger partial charge in [-0.1, -0.05) is 31.5 Å². The fraction of sp³-hybridized carbons (Fsp3) is 0.235. The molecular weight excluding hydrogens is 397 g/mol. The van der Waals surface area contributed by atoms with E-state index in [1.54, 1.807) is 6.33 Å². The Hall–Kier alpha value is -1.50. The number of benzene rings is 2. The molecular formula is C17H17F2IN2. The molecule has 2 nitrogen and oxygen atoms in total. The molecule has 116 valence electrons. The van der Waals surface area contributed by atoms with Crippen molar-refractivity contribution >= 4 is 35.0 Å². The van der Waals surface area contributed by atoms with E-state index >= 15 is 0 Å². The second-order valence-electron chi connectivity index (χ2n) is 5.11. The van der Waals surface area contributed by atoms with Crippen LogP contribution >= 0.6 is 24.0 Å². The highest BCUT2D eigenvalue weighted by Crippen LogP contribution is 2.29. The molecule has 1 heterocycles. The van der Waals surface area contributed by atoms with Crippen LogP contribution in [0.15, 0.2) is 48.8 Å². The fourth-order valence-electron chi connectivity index (χ4n) is 2.72. The Morgan fingerprint density at radius 2 is 1.91 bits per heavy atom. The summed E-state index contributed by atoms with van der Waals surface area (Å²) in [5.74, 6) is -1.06. The molecule has 1 aromatic heterocycles. The first-order valence-electron chi connectivity index (χ1n) is 7.07. The summed E-state index contributed by atoms with van der Waals surface area (Å²) in [6.45, 7) is 2.05. The molecule has 1 unspecified atom stereocenters. The molecule has 1 atom stereocenters. The average molecular weight is 414 g/mol. The summed E-state index contributed by atoms with van der Waals surface area (Å²) < 4.78 is 29.2. The van der Waals surface area contributed by atoms with Crippen molar-refractivity contribution in [2.45, 2.75) is 25.8 Å². The molecule has 5 heteroatoms. The molecule has 0 aliphatic rings. The number of para-hydroxylation sites is 2. The quantitative estimate of drug-likeness (QED) is 0.529. The van der Waals surface area contributed by atoms with Crippen LogP contribution in [0.4, 0.5) is 8.78 Å². The van der Waals surface area contributed by atoms with Gasteiger partial charge in [-0.3, -0.25) is 0 Å². The van der Waals surface area contributed by atoms with E-state index < -0.39 is 11.6 Å². The summed E-state index contributed by atoms with van der Waals surface area (Å²) in [6.07, 6.45) is 3.39. The Balaban J connectivity index is 0.00000176. The van der Waals surface area contributed by atoms with Crippen LogP contribution in [0.25, 0.3) is 11.0 Å². The van der Waals surface area contributed by atoms with Crippen molar-refractivity contribution in [3.8, 4) is 0 Å². The molecule has 22 heavy (non-hydrogen) atoms. The van der Waals surface area contributed by atoms with E-state index in [-0.39, 0.29) is 30.0 Å². The van der Waals surface area contributed by atoms with Gasteiger partial charge in [0, 0.05) is 11.6 Å². The zero-order valence-electron chi connectivity index (χ0n) is 12.2. The van der Waals surface area contributed by atoms with E-state index in [0.29, 0.717) is 5.56 Å². The summed E-state index contributed by atoms with van der Waals surface area (Å²) in [5, 5.41) is 0. The van der Waals surface area contributed by atoms with E-state index in [2.05, 4.69) is 4.98 Å². The number of nitrogens with zero attached hydrogens (tertiary/aromatic N) is 2. The molecule has 0 aliphatic carbocycles. The Morgan fingerprint density at radius 3 is 2.64 bits per heavy atom. The third-order valence-electron chi connectivity index (χ3n) is 3.70. The lowest BCUT2D eigenvalue weighted by Crippen LogP contribution is -2.11. The maximum atomic E-state index is 14.1. The average Bonchev–Trinajstić information content (AvgIpc) is 2.89. The van der Waals surface area contributed by atoms with Gasteiger partial charge in [-0.05, 0) is 24.6 Å². The molecule has 0 saturated heterocycles. The summed E-state index contributed by atoms with van der Waals surface area (Å²) >= 11 is 0. The van der Waals surface area contributed by atoms with Crippen LogP contribution in [0.2, 0.25) is 0 Å². The number of fused-ring (bicyclic) bond motifs is 1. The normalized spacial score (nSPS) is 12.1. The van der Waals surface area contributed by atoms with Crippen LogP contribution in [0, 0.1) is 11.6 Å². The van der Waals surface area contributed by atoms with E-state index in [1.165, 1.54) is 12.1 Å². The lowest BCUT2D eigenvalue weighted by molar-refractivity contribution is 0.499. The first kappa shape index (κ1) is 16.9. The maximum absolute atomic E-state index is 14.1. The van der Waals surface area contributed by atoms with Gasteiger partial charge in [-0.25, -0.2) is 13.8 Å². The molecule has 3 aromatic rings. The number of imidazole rings is 1. The van der Waals surface area contributed by atoms with Crippen LogP contribution in [0.1, 0.15) is 31.4 Å². The number of hydrogen-bond donors (Lipinski definition) is 0. The molecule has 2 aromatic carbocycles. The molecule has 0 saturated carbocycles. The van der Waals surface area contributed by atoms with Gasteiger partial charge >= 0.3 is 0 Å². The van der Waals surface area contributed by atoms with Crippen molar-refractivity contribution in [3.05, 3.63) is 66.0 Å². The number of aromatic nitrogens is 2. The number of rotatable bonds is 4. The fourth-order valence-corrected chi connectivity index (χ4v) is 2.72. The van der Waals surface area contributed by atoms with Gasteiger partial charge in [0.2, 0.25) is 0 Å². The first-order valence-corrected chi connectivity index (χ1v) is 7.07. The Bertz CT molecular complexity index is 770. The minimum atomic E-state index is -0.554. The third-order valence-corrected chi connectivity index (χ3v) is 3.70. The van der Waals surface area contributed by atoms with Gasteiger partial charge in [0.1, 0.15) is 11.6 Å². The van der Waals surface area contributed by atoms with Crippen LogP contribution in [0.3, 0.4) is 0 Å². The monoisotopic (exact) mass is 414 g/mol. The predicted molar refractivity (Wildman–Crippen MR) is 94.6 cm³/mol. The Labute approximate surface area is 145 Å². The minimum Gasteiger partial charge on any atom is -0.323 e. The summed E-state index contributed by atoms with van der Waals surface area (Å²) in [6, 6.07) is 11.3. The molecule has 0 bridgehead atoms. The summed E-state index contributed by atoms with van der Waals surface area (Å²) in [4.78, 5) is 4.36. The van der Waals surface area contributed by atoms with Crippen molar-refractivity contribution in [3.63, 3.8) is 0 Å². The summed E-state index contributed by atoms with van der Waals surface area (Å²) in [5.41, 5.74) is 2.34. The lowest BCUT2D eigenvalue weighted by atomic mass is 10.0. The number of halogens is 3. The molecule has 0 radical (unpaired) electrons. The molecule has 0 N–H and O–H groups in total. The van der Waals surface area contributed by atoms with Crippen LogP contribution < -0.4 is 0 Å². The van der Waals surface area contributed by atoms with Gasteiger partial charge in [-0.15, -0.1) is 24.0 Å². The largest absolute Gasteiger partial charge is 0.323 e. The Morgan fingerprint density at radius 1 is 1.14 bits per heavy atom. The van der Waals surface area contributed by atoms with E-state index in [4.69, 9.17) is 0 Å². The topological polar surface area (TPSA) is 17.8 Å². The van der Waals surface area contributed by atoms with Gasteiger partial charge in [0.05, 0.1) is 23.4 Å². The van der Waals surface area contributed by atoms with Crippen LogP contribution in [-0.4, -0.2) is 9.55 Å². The van der Waals surface area contributed by atoms with E-state index in [0.717, 1.165) is 29.9 Å².